The third-order valence-electron chi connectivity index (χ3n) is 4.14. The third-order valence-corrected chi connectivity index (χ3v) is 4.63. The van der Waals surface area contributed by atoms with Crippen molar-refractivity contribution in [1.82, 2.24) is 0 Å². The molecule has 0 aliphatic carbocycles. The molecule has 0 aromatic heterocycles. The topological polar surface area (TPSA) is 29.3 Å². The van der Waals surface area contributed by atoms with E-state index in [1.807, 2.05) is 0 Å². The van der Waals surface area contributed by atoms with E-state index in [0.717, 1.165) is 17.4 Å². The summed E-state index contributed by atoms with van der Waals surface area (Å²) >= 11 is 3.56. The molecule has 0 atom stereocenters. The largest absolute Gasteiger partial charge is 0.371 e. The molecule has 0 unspecified atom stereocenters. The van der Waals surface area contributed by atoms with Crippen molar-refractivity contribution in [3.05, 3.63) is 28.2 Å². The second-order valence-corrected chi connectivity index (χ2v) is 7.23. The Labute approximate surface area is 125 Å². The van der Waals surface area contributed by atoms with Crippen molar-refractivity contribution in [1.29, 1.82) is 0 Å². The van der Waals surface area contributed by atoms with Gasteiger partial charge in [0.15, 0.2) is 0 Å². The zero-order valence-corrected chi connectivity index (χ0v) is 13.7. The van der Waals surface area contributed by atoms with E-state index in [4.69, 9.17) is 5.73 Å². The predicted octanol–water partition coefficient (Wildman–Crippen LogP) is 3.97. The van der Waals surface area contributed by atoms with Crippen LogP contribution in [0.1, 0.15) is 38.7 Å². The summed E-state index contributed by atoms with van der Waals surface area (Å²) in [5.41, 5.74) is 8.99. The van der Waals surface area contributed by atoms with E-state index in [1.165, 1.54) is 37.1 Å². The number of anilines is 1. The van der Waals surface area contributed by atoms with Gasteiger partial charge in [0.1, 0.15) is 0 Å². The lowest BCUT2D eigenvalue weighted by Crippen LogP contribution is -2.26. The molecule has 19 heavy (non-hydrogen) atoms. The van der Waals surface area contributed by atoms with Crippen LogP contribution in [0.2, 0.25) is 0 Å². The molecule has 2 rings (SSSR count). The average Bonchev–Trinajstić information content (AvgIpc) is 2.51. The van der Waals surface area contributed by atoms with Crippen LogP contribution in [0.3, 0.4) is 0 Å². The van der Waals surface area contributed by atoms with Gasteiger partial charge in [-0.1, -0.05) is 29.8 Å². The average molecular weight is 325 g/mol. The molecule has 0 radical (unpaired) electrons. The SMILES string of the molecule is CC1(C)CCCN(c2ccc(Br)cc2CCN)CC1. The fourth-order valence-electron chi connectivity index (χ4n) is 2.88. The standard InChI is InChI=1S/C16H25BrN2/c1-16(2)7-3-10-19(11-8-16)15-5-4-14(17)12-13(15)6-9-18/h4-5,12H,3,6-11,18H2,1-2H3. The fraction of sp³-hybridized carbons (Fsp3) is 0.625. The van der Waals surface area contributed by atoms with Crippen LogP contribution in [0.15, 0.2) is 22.7 Å². The molecule has 1 aromatic rings. The van der Waals surface area contributed by atoms with Gasteiger partial charge in [0.25, 0.3) is 0 Å². The van der Waals surface area contributed by atoms with Crippen molar-refractivity contribution < 1.29 is 0 Å². The van der Waals surface area contributed by atoms with E-state index in [9.17, 15) is 0 Å². The minimum Gasteiger partial charge on any atom is -0.371 e. The zero-order valence-electron chi connectivity index (χ0n) is 12.1. The summed E-state index contributed by atoms with van der Waals surface area (Å²) in [4.78, 5) is 2.55. The van der Waals surface area contributed by atoms with Crippen LogP contribution >= 0.6 is 15.9 Å². The third kappa shape index (κ3) is 3.96. The van der Waals surface area contributed by atoms with Gasteiger partial charge in [-0.15, -0.1) is 0 Å². The molecule has 1 aliphatic rings. The Kier molecular flexibility index (Phi) is 4.91. The van der Waals surface area contributed by atoms with Gasteiger partial charge < -0.3 is 10.6 Å². The lowest BCUT2D eigenvalue weighted by atomic mass is 9.85. The predicted molar refractivity (Wildman–Crippen MR) is 86.7 cm³/mol. The Morgan fingerprint density at radius 2 is 2.05 bits per heavy atom. The highest BCUT2D eigenvalue weighted by Crippen LogP contribution is 2.33. The molecule has 1 aromatic carbocycles. The molecule has 2 nitrogen and oxygen atoms in total. The molecule has 1 aliphatic heterocycles. The zero-order chi connectivity index (χ0) is 13.9. The maximum absolute atomic E-state index is 5.75. The van der Waals surface area contributed by atoms with Gasteiger partial charge in [0, 0.05) is 23.2 Å². The lowest BCUT2D eigenvalue weighted by Gasteiger charge is -2.27. The smallest absolute Gasteiger partial charge is 0.0400 e. The Morgan fingerprint density at radius 1 is 1.26 bits per heavy atom. The van der Waals surface area contributed by atoms with E-state index in [2.05, 4.69) is 52.9 Å². The van der Waals surface area contributed by atoms with Gasteiger partial charge in [0.2, 0.25) is 0 Å². The van der Waals surface area contributed by atoms with Crippen LogP contribution in [0.5, 0.6) is 0 Å². The molecule has 2 N–H and O–H groups in total. The van der Waals surface area contributed by atoms with Crippen molar-refractivity contribution in [2.24, 2.45) is 11.1 Å². The number of halogens is 1. The van der Waals surface area contributed by atoms with Crippen LogP contribution in [0.25, 0.3) is 0 Å². The molecule has 0 spiro atoms. The van der Waals surface area contributed by atoms with Gasteiger partial charge >= 0.3 is 0 Å². The highest BCUT2D eigenvalue weighted by molar-refractivity contribution is 9.10. The molecule has 1 heterocycles. The molecule has 1 fully saturated rings. The molecule has 106 valence electrons. The van der Waals surface area contributed by atoms with E-state index in [-0.39, 0.29) is 0 Å². The van der Waals surface area contributed by atoms with Crippen molar-refractivity contribution in [3.8, 4) is 0 Å². The fourth-order valence-corrected chi connectivity index (χ4v) is 3.29. The summed E-state index contributed by atoms with van der Waals surface area (Å²) in [7, 11) is 0. The monoisotopic (exact) mass is 324 g/mol. The van der Waals surface area contributed by atoms with Crippen LogP contribution in [-0.2, 0) is 6.42 Å². The lowest BCUT2D eigenvalue weighted by molar-refractivity contribution is 0.325. The van der Waals surface area contributed by atoms with E-state index < -0.39 is 0 Å². The van der Waals surface area contributed by atoms with Crippen molar-refractivity contribution in [2.45, 2.75) is 39.5 Å². The first-order valence-corrected chi connectivity index (χ1v) is 8.04. The number of benzene rings is 1. The summed E-state index contributed by atoms with van der Waals surface area (Å²) in [6.45, 7) is 7.81. The number of hydrogen-bond acceptors (Lipinski definition) is 2. The van der Waals surface area contributed by atoms with Gasteiger partial charge in [0.05, 0.1) is 0 Å². The van der Waals surface area contributed by atoms with Crippen molar-refractivity contribution in [2.75, 3.05) is 24.5 Å². The van der Waals surface area contributed by atoms with Crippen LogP contribution in [0.4, 0.5) is 5.69 Å². The normalized spacial score (nSPS) is 19.3. The molecular formula is C16H25BrN2. The summed E-state index contributed by atoms with van der Waals surface area (Å²) in [5, 5.41) is 0. The quantitative estimate of drug-likeness (QED) is 0.911. The minimum absolute atomic E-state index is 0.484. The van der Waals surface area contributed by atoms with Crippen molar-refractivity contribution in [3.63, 3.8) is 0 Å². The second kappa shape index (κ2) is 6.27. The first-order valence-electron chi connectivity index (χ1n) is 7.25. The Morgan fingerprint density at radius 3 is 2.79 bits per heavy atom. The molecule has 3 heteroatoms. The number of hydrogen-bond donors (Lipinski definition) is 1. The minimum atomic E-state index is 0.484. The van der Waals surface area contributed by atoms with Gasteiger partial charge in [-0.05, 0) is 61.4 Å². The first-order chi connectivity index (χ1) is 9.02. The Balaban J connectivity index is 2.21. The van der Waals surface area contributed by atoms with Gasteiger partial charge in [-0.2, -0.15) is 0 Å². The first kappa shape index (κ1) is 14.9. The summed E-state index contributed by atoms with van der Waals surface area (Å²) in [5.74, 6) is 0. The molecular weight excluding hydrogens is 300 g/mol. The van der Waals surface area contributed by atoms with Gasteiger partial charge in [-0.3, -0.25) is 0 Å². The highest BCUT2D eigenvalue weighted by Gasteiger charge is 2.23. The highest BCUT2D eigenvalue weighted by atomic mass is 79.9. The summed E-state index contributed by atoms with van der Waals surface area (Å²) in [6, 6.07) is 6.61. The maximum atomic E-state index is 5.75. The van der Waals surface area contributed by atoms with E-state index in [1.54, 1.807) is 0 Å². The van der Waals surface area contributed by atoms with Crippen LogP contribution < -0.4 is 10.6 Å². The van der Waals surface area contributed by atoms with Gasteiger partial charge in [-0.25, -0.2) is 0 Å². The molecule has 0 amide bonds. The number of nitrogens with two attached hydrogens (primary N) is 1. The number of nitrogens with zero attached hydrogens (tertiary/aromatic N) is 1. The molecule has 0 saturated carbocycles. The molecule has 1 saturated heterocycles. The number of rotatable bonds is 3. The van der Waals surface area contributed by atoms with Crippen molar-refractivity contribution >= 4 is 21.6 Å². The maximum Gasteiger partial charge on any atom is 0.0400 e. The van der Waals surface area contributed by atoms with Crippen LogP contribution in [0, 0.1) is 5.41 Å². The summed E-state index contributed by atoms with van der Waals surface area (Å²) < 4.78 is 1.15. The Hall–Kier alpha value is -0.540. The second-order valence-electron chi connectivity index (χ2n) is 6.32. The summed E-state index contributed by atoms with van der Waals surface area (Å²) in [6.07, 6.45) is 4.83. The molecule has 0 bridgehead atoms. The van der Waals surface area contributed by atoms with Crippen LogP contribution in [-0.4, -0.2) is 19.6 Å². The van der Waals surface area contributed by atoms with E-state index >= 15 is 0 Å². The Bertz CT molecular complexity index is 429. The van der Waals surface area contributed by atoms with E-state index in [0.29, 0.717) is 12.0 Å².